The third-order valence-electron chi connectivity index (χ3n) is 4.24. The van der Waals surface area contributed by atoms with Gasteiger partial charge in [0.25, 0.3) is 0 Å². The van der Waals surface area contributed by atoms with Gasteiger partial charge in [-0.3, -0.25) is 4.99 Å². The fourth-order valence-corrected chi connectivity index (χ4v) is 2.89. The molecule has 1 aliphatic heterocycles. The second-order valence-corrected chi connectivity index (χ2v) is 5.80. The molecule has 4 nitrogen and oxygen atoms in total. The van der Waals surface area contributed by atoms with E-state index in [9.17, 15) is 4.39 Å². The second kappa shape index (κ2) is 10.8. The Kier molecular flexibility index (Phi) is 9.47. The minimum atomic E-state index is -0.184. The Labute approximate surface area is 156 Å². The van der Waals surface area contributed by atoms with E-state index < -0.39 is 0 Å². The first-order valence-electron chi connectivity index (χ1n) is 8.13. The van der Waals surface area contributed by atoms with Gasteiger partial charge in [-0.05, 0) is 37.9 Å². The molecule has 0 saturated carbocycles. The van der Waals surface area contributed by atoms with E-state index in [1.807, 2.05) is 6.07 Å². The van der Waals surface area contributed by atoms with Crippen LogP contribution >= 0.6 is 24.0 Å². The average molecular weight is 434 g/mol. The van der Waals surface area contributed by atoms with Crippen molar-refractivity contribution in [1.29, 1.82) is 0 Å². The minimum absolute atomic E-state index is 0. The molecule has 0 aliphatic carbocycles. The monoisotopic (exact) mass is 434 g/mol. The first-order chi connectivity index (χ1) is 10.7. The number of benzene rings is 1. The molecule has 1 aliphatic rings. The molecule has 0 aromatic heterocycles. The van der Waals surface area contributed by atoms with Gasteiger partial charge in [0.2, 0.25) is 0 Å². The predicted octanol–water partition coefficient (Wildman–Crippen LogP) is 2.84. The molecule has 2 N–H and O–H groups in total. The van der Waals surface area contributed by atoms with Gasteiger partial charge < -0.3 is 15.5 Å². The van der Waals surface area contributed by atoms with Crippen molar-refractivity contribution >= 4 is 29.9 Å². The van der Waals surface area contributed by atoms with Gasteiger partial charge in [0.05, 0.1) is 0 Å². The Balaban J connectivity index is 0.00000264. The zero-order valence-electron chi connectivity index (χ0n) is 14.0. The zero-order valence-corrected chi connectivity index (χ0v) is 16.3. The van der Waals surface area contributed by atoms with Crippen molar-refractivity contribution in [2.75, 3.05) is 33.2 Å². The van der Waals surface area contributed by atoms with Gasteiger partial charge in [-0.15, -0.1) is 24.0 Å². The number of hydrogen-bond donors (Lipinski definition) is 2. The van der Waals surface area contributed by atoms with Gasteiger partial charge in [-0.1, -0.05) is 25.1 Å². The highest BCUT2D eigenvalue weighted by atomic mass is 127. The molecule has 1 atom stereocenters. The third kappa shape index (κ3) is 6.63. The molecular formula is C17H28FIN4. The van der Waals surface area contributed by atoms with Crippen LogP contribution in [0.2, 0.25) is 0 Å². The summed E-state index contributed by atoms with van der Waals surface area (Å²) in [7, 11) is 1.75. The molecule has 1 aromatic rings. The SMILES string of the molecule is CCN1CCCC(CNC(=NC)NCc2ccccc2F)C1.I. The molecule has 130 valence electrons. The number of aliphatic imine (C=N–C) groups is 1. The van der Waals surface area contributed by atoms with Crippen molar-refractivity contribution in [3.8, 4) is 0 Å². The summed E-state index contributed by atoms with van der Waals surface area (Å²) in [5, 5.41) is 6.54. The number of halogens is 2. The summed E-state index contributed by atoms with van der Waals surface area (Å²) >= 11 is 0. The lowest BCUT2D eigenvalue weighted by atomic mass is 9.98. The fourth-order valence-electron chi connectivity index (χ4n) is 2.89. The molecule has 23 heavy (non-hydrogen) atoms. The molecule has 0 bridgehead atoms. The van der Waals surface area contributed by atoms with Gasteiger partial charge in [-0.25, -0.2) is 4.39 Å². The summed E-state index contributed by atoms with van der Waals surface area (Å²) < 4.78 is 13.6. The smallest absolute Gasteiger partial charge is 0.191 e. The lowest BCUT2D eigenvalue weighted by Gasteiger charge is -2.32. The molecule has 1 aromatic carbocycles. The molecule has 0 amide bonds. The van der Waals surface area contributed by atoms with Crippen LogP contribution in [0.15, 0.2) is 29.3 Å². The standard InChI is InChI=1S/C17H27FN4.HI/c1-3-22-10-6-7-14(13-22)11-20-17(19-2)21-12-15-8-4-5-9-16(15)18;/h4-5,8-9,14H,3,6-7,10-13H2,1-2H3,(H2,19,20,21);1H. The first-order valence-corrected chi connectivity index (χ1v) is 8.13. The Morgan fingerprint density at radius 1 is 1.35 bits per heavy atom. The highest BCUT2D eigenvalue weighted by Crippen LogP contribution is 2.15. The summed E-state index contributed by atoms with van der Waals surface area (Å²) in [6.07, 6.45) is 2.52. The normalized spacial score (nSPS) is 19.1. The summed E-state index contributed by atoms with van der Waals surface area (Å²) in [6.45, 7) is 7.05. The van der Waals surface area contributed by atoms with Crippen LogP contribution in [0, 0.1) is 11.7 Å². The predicted molar refractivity (Wildman–Crippen MR) is 105 cm³/mol. The molecule has 2 rings (SSSR count). The summed E-state index contributed by atoms with van der Waals surface area (Å²) in [5.41, 5.74) is 0.653. The lowest BCUT2D eigenvalue weighted by molar-refractivity contribution is 0.183. The van der Waals surface area contributed by atoms with Gasteiger partial charge in [0.1, 0.15) is 5.82 Å². The fraction of sp³-hybridized carbons (Fsp3) is 0.588. The van der Waals surface area contributed by atoms with Crippen LogP contribution in [-0.2, 0) is 6.54 Å². The van der Waals surface area contributed by atoms with Crippen LogP contribution in [0.3, 0.4) is 0 Å². The van der Waals surface area contributed by atoms with E-state index >= 15 is 0 Å². The number of guanidine groups is 1. The third-order valence-corrected chi connectivity index (χ3v) is 4.24. The van der Waals surface area contributed by atoms with Gasteiger partial charge in [-0.2, -0.15) is 0 Å². The molecule has 0 radical (unpaired) electrons. The Morgan fingerprint density at radius 2 is 2.13 bits per heavy atom. The van der Waals surface area contributed by atoms with Crippen LogP contribution < -0.4 is 10.6 Å². The Bertz CT molecular complexity index is 495. The number of likely N-dealkylation sites (tertiary alicyclic amines) is 1. The Hall–Kier alpha value is -0.890. The molecule has 1 heterocycles. The maximum atomic E-state index is 13.6. The van der Waals surface area contributed by atoms with Crippen molar-refractivity contribution in [2.24, 2.45) is 10.9 Å². The van der Waals surface area contributed by atoms with Crippen LogP contribution in [0.4, 0.5) is 4.39 Å². The topological polar surface area (TPSA) is 39.7 Å². The number of nitrogens with one attached hydrogen (secondary N) is 2. The molecule has 1 unspecified atom stereocenters. The van der Waals surface area contributed by atoms with Gasteiger partial charge in [0.15, 0.2) is 5.96 Å². The maximum Gasteiger partial charge on any atom is 0.191 e. The number of hydrogen-bond acceptors (Lipinski definition) is 2. The summed E-state index contributed by atoms with van der Waals surface area (Å²) in [4.78, 5) is 6.71. The minimum Gasteiger partial charge on any atom is -0.356 e. The molecule has 6 heteroatoms. The van der Waals surface area contributed by atoms with Crippen LogP contribution in [-0.4, -0.2) is 44.1 Å². The summed E-state index contributed by atoms with van der Waals surface area (Å²) in [6, 6.07) is 6.82. The van der Waals surface area contributed by atoms with Crippen LogP contribution in [0.1, 0.15) is 25.3 Å². The molecule has 1 fully saturated rings. The van der Waals surface area contributed by atoms with E-state index in [0.717, 1.165) is 25.6 Å². The first kappa shape index (κ1) is 20.2. The number of piperidine rings is 1. The van der Waals surface area contributed by atoms with Crippen molar-refractivity contribution in [3.63, 3.8) is 0 Å². The average Bonchev–Trinajstić information content (AvgIpc) is 2.56. The van der Waals surface area contributed by atoms with E-state index in [2.05, 4.69) is 27.4 Å². The molecule has 0 spiro atoms. The van der Waals surface area contributed by atoms with E-state index in [1.165, 1.54) is 25.5 Å². The highest BCUT2D eigenvalue weighted by Gasteiger charge is 2.18. The van der Waals surface area contributed by atoms with Crippen LogP contribution in [0.25, 0.3) is 0 Å². The van der Waals surface area contributed by atoms with E-state index in [0.29, 0.717) is 18.0 Å². The number of nitrogens with zero attached hydrogens (tertiary/aromatic N) is 2. The van der Waals surface area contributed by atoms with Crippen molar-refractivity contribution < 1.29 is 4.39 Å². The van der Waals surface area contributed by atoms with E-state index in [-0.39, 0.29) is 29.8 Å². The van der Waals surface area contributed by atoms with Gasteiger partial charge in [0, 0.05) is 32.2 Å². The van der Waals surface area contributed by atoms with Crippen molar-refractivity contribution in [3.05, 3.63) is 35.6 Å². The quantitative estimate of drug-likeness (QED) is 0.426. The van der Waals surface area contributed by atoms with E-state index in [1.54, 1.807) is 19.2 Å². The van der Waals surface area contributed by atoms with Crippen molar-refractivity contribution in [2.45, 2.75) is 26.3 Å². The zero-order chi connectivity index (χ0) is 15.8. The highest BCUT2D eigenvalue weighted by molar-refractivity contribution is 14.0. The second-order valence-electron chi connectivity index (χ2n) is 5.80. The largest absolute Gasteiger partial charge is 0.356 e. The van der Waals surface area contributed by atoms with E-state index in [4.69, 9.17) is 0 Å². The maximum absolute atomic E-state index is 13.6. The number of rotatable bonds is 5. The van der Waals surface area contributed by atoms with Crippen LogP contribution in [0.5, 0.6) is 0 Å². The summed E-state index contributed by atoms with van der Waals surface area (Å²) in [5.74, 6) is 1.20. The van der Waals surface area contributed by atoms with Gasteiger partial charge >= 0.3 is 0 Å². The Morgan fingerprint density at radius 3 is 2.83 bits per heavy atom. The lowest BCUT2D eigenvalue weighted by Crippen LogP contribution is -2.44. The molecular weight excluding hydrogens is 406 g/mol. The molecule has 1 saturated heterocycles. The van der Waals surface area contributed by atoms with Crippen molar-refractivity contribution in [1.82, 2.24) is 15.5 Å².